The van der Waals surface area contributed by atoms with Crippen molar-refractivity contribution in [1.29, 1.82) is 0 Å². The van der Waals surface area contributed by atoms with Crippen molar-refractivity contribution >= 4 is 29.1 Å². The molecule has 156 valence electrons. The fraction of sp³-hybridized carbons (Fsp3) is 0.238. The first-order valence-electron chi connectivity index (χ1n) is 9.26. The summed E-state index contributed by atoms with van der Waals surface area (Å²) >= 11 is 6.03. The summed E-state index contributed by atoms with van der Waals surface area (Å²) in [4.78, 5) is 11.0. The summed E-state index contributed by atoms with van der Waals surface area (Å²) in [5.74, 6) is 0.900. The molecule has 1 aliphatic rings. The van der Waals surface area contributed by atoms with Gasteiger partial charge in [-0.25, -0.2) is 4.98 Å². The number of alkyl halides is 3. The minimum absolute atomic E-state index is 0.217. The number of aromatic nitrogens is 2. The van der Waals surface area contributed by atoms with Crippen LogP contribution in [0.5, 0.6) is 5.75 Å². The molecule has 0 amide bonds. The van der Waals surface area contributed by atoms with E-state index in [0.717, 1.165) is 22.5 Å². The number of rotatable bonds is 4. The average Bonchev–Trinajstić information content (AvgIpc) is 2.65. The molecule has 4 rings (SSSR count). The molecule has 0 atom stereocenters. The predicted octanol–water partition coefficient (Wildman–Crippen LogP) is 5.64. The van der Waals surface area contributed by atoms with Crippen LogP contribution < -0.4 is 15.0 Å². The Bertz CT molecular complexity index is 1070. The van der Waals surface area contributed by atoms with E-state index in [2.05, 4.69) is 20.0 Å². The van der Waals surface area contributed by atoms with Gasteiger partial charge in [0.1, 0.15) is 11.6 Å². The van der Waals surface area contributed by atoms with Crippen LogP contribution in [0.25, 0.3) is 0 Å². The third-order valence-electron chi connectivity index (χ3n) is 4.67. The highest BCUT2D eigenvalue weighted by atomic mass is 35.5. The number of nitrogens with one attached hydrogen (secondary N) is 1. The Morgan fingerprint density at radius 2 is 1.90 bits per heavy atom. The first-order valence-corrected chi connectivity index (χ1v) is 9.64. The van der Waals surface area contributed by atoms with Gasteiger partial charge < -0.3 is 15.0 Å². The second kappa shape index (κ2) is 8.02. The number of aryl methyl sites for hydroxylation is 1. The van der Waals surface area contributed by atoms with E-state index in [0.29, 0.717) is 36.3 Å². The number of hydrogen-bond donors (Lipinski definition) is 1. The van der Waals surface area contributed by atoms with Crippen molar-refractivity contribution in [2.75, 3.05) is 16.8 Å². The van der Waals surface area contributed by atoms with Crippen molar-refractivity contribution in [1.82, 2.24) is 9.97 Å². The second-order valence-electron chi connectivity index (χ2n) is 6.98. The van der Waals surface area contributed by atoms with E-state index in [9.17, 15) is 13.2 Å². The van der Waals surface area contributed by atoms with Crippen LogP contribution in [0.2, 0.25) is 5.02 Å². The Hall–Kier alpha value is -3.00. The summed E-state index contributed by atoms with van der Waals surface area (Å²) in [6, 6.07) is 13.6. The molecule has 5 nitrogen and oxygen atoms in total. The van der Waals surface area contributed by atoms with Crippen LogP contribution in [0.4, 0.5) is 30.6 Å². The lowest BCUT2D eigenvalue weighted by Crippen LogP contribution is -2.31. The molecule has 30 heavy (non-hydrogen) atoms. The first kappa shape index (κ1) is 20.3. The molecule has 3 aromatic rings. The molecule has 0 bridgehead atoms. The Balaban J connectivity index is 1.56. The summed E-state index contributed by atoms with van der Waals surface area (Å²) in [5, 5.41) is 3.74. The van der Waals surface area contributed by atoms with Gasteiger partial charge in [0.2, 0.25) is 5.95 Å². The second-order valence-corrected chi connectivity index (χ2v) is 7.41. The summed E-state index contributed by atoms with van der Waals surface area (Å²) in [6.07, 6.45) is -4.02. The van der Waals surface area contributed by atoms with Crippen molar-refractivity contribution in [2.45, 2.75) is 26.3 Å². The molecule has 1 aliphatic heterocycles. The predicted molar refractivity (Wildman–Crippen MR) is 109 cm³/mol. The SMILES string of the molecule is Cc1cc(N2CCc3ccc(OC(F)(F)F)cc3C2)nc(Nc2cccc(Cl)c2)n1. The number of hydrogen-bond acceptors (Lipinski definition) is 5. The highest BCUT2D eigenvalue weighted by Crippen LogP contribution is 2.30. The van der Waals surface area contributed by atoms with E-state index in [1.54, 1.807) is 18.2 Å². The van der Waals surface area contributed by atoms with Gasteiger partial charge in [-0.1, -0.05) is 23.7 Å². The van der Waals surface area contributed by atoms with Gasteiger partial charge in [0, 0.05) is 35.6 Å². The molecule has 0 unspecified atom stereocenters. The third kappa shape index (κ3) is 4.94. The molecule has 1 N–H and O–H groups in total. The number of anilines is 3. The van der Waals surface area contributed by atoms with Gasteiger partial charge in [0.05, 0.1) is 0 Å². The lowest BCUT2D eigenvalue weighted by molar-refractivity contribution is -0.274. The van der Waals surface area contributed by atoms with Gasteiger partial charge >= 0.3 is 6.36 Å². The molecule has 1 aromatic heterocycles. The lowest BCUT2D eigenvalue weighted by Gasteiger charge is -2.30. The lowest BCUT2D eigenvalue weighted by atomic mass is 9.99. The van der Waals surface area contributed by atoms with Crippen LogP contribution in [0.15, 0.2) is 48.5 Å². The summed E-state index contributed by atoms with van der Waals surface area (Å²) in [5.41, 5.74) is 3.31. The van der Waals surface area contributed by atoms with Crippen LogP contribution in [-0.4, -0.2) is 22.9 Å². The van der Waals surface area contributed by atoms with Crippen molar-refractivity contribution in [3.8, 4) is 5.75 Å². The highest BCUT2D eigenvalue weighted by molar-refractivity contribution is 6.30. The minimum Gasteiger partial charge on any atom is -0.406 e. The van der Waals surface area contributed by atoms with Gasteiger partial charge in [-0.2, -0.15) is 4.98 Å². The normalized spacial score (nSPS) is 13.7. The average molecular weight is 435 g/mol. The molecule has 0 spiro atoms. The van der Waals surface area contributed by atoms with Crippen LogP contribution >= 0.6 is 11.6 Å². The fourth-order valence-corrected chi connectivity index (χ4v) is 3.58. The number of halogens is 4. The van der Waals surface area contributed by atoms with Gasteiger partial charge in [-0.15, -0.1) is 13.2 Å². The van der Waals surface area contributed by atoms with Crippen molar-refractivity contribution in [3.05, 3.63) is 70.4 Å². The Kier molecular flexibility index (Phi) is 5.42. The molecule has 0 saturated carbocycles. The summed E-state index contributed by atoms with van der Waals surface area (Å²) < 4.78 is 41.7. The monoisotopic (exact) mass is 434 g/mol. The minimum atomic E-state index is -4.72. The van der Waals surface area contributed by atoms with Gasteiger partial charge in [0.15, 0.2) is 0 Å². The number of fused-ring (bicyclic) bond motifs is 1. The summed E-state index contributed by atoms with van der Waals surface area (Å²) in [7, 11) is 0. The maximum atomic E-state index is 12.5. The number of ether oxygens (including phenoxy) is 1. The molecular formula is C21H18ClF3N4O. The topological polar surface area (TPSA) is 50.3 Å². The standard InChI is InChI=1S/C21H18ClF3N4O/c1-13-9-19(28-20(26-13)27-17-4-2-3-16(22)11-17)29-8-7-14-5-6-18(10-15(14)12-29)30-21(23,24)25/h2-6,9-11H,7-8,12H2,1H3,(H,26,27,28). The largest absolute Gasteiger partial charge is 0.573 e. The Morgan fingerprint density at radius 3 is 2.67 bits per heavy atom. The number of nitrogens with zero attached hydrogens (tertiary/aromatic N) is 3. The van der Waals surface area contributed by atoms with E-state index >= 15 is 0 Å². The fourth-order valence-electron chi connectivity index (χ4n) is 3.39. The van der Waals surface area contributed by atoms with Gasteiger partial charge in [0.25, 0.3) is 0 Å². The van der Waals surface area contributed by atoms with E-state index < -0.39 is 6.36 Å². The third-order valence-corrected chi connectivity index (χ3v) is 4.90. The first-order chi connectivity index (χ1) is 14.2. The molecular weight excluding hydrogens is 417 g/mol. The Labute approximate surface area is 176 Å². The molecule has 0 fully saturated rings. The molecule has 2 heterocycles. The highest BCUT2D eigenvalue weighted by Gasteiger charge is 2.31. The maximum absolute atomic E-state index is 12.5. The van der Waals surface area contributed by atoms with Crippen LogP contribution in [0, 0.1) is 6.92 Å². The van der Waals surface area contributed by atoms with Crippen molar-refractivity contribution < 1.29 is 17.9 Å². The van der Waals surface area contributed by atoms with Crippen molar-refractivity contribution in [2.24, 2.45) is 0 Å². The molecule has 0 radical (unpaired) electrons. The van der Waals surface area contributed by atoms with E-state index in [4.69, 9.17) is 11.6 Å². The van der Waals surface area contributed by atoms with E-state index in [1.165, 1.54) is 12.1 Å². The van der Waals surface area contributed by atoms with Crippen LogP contribution in [0.1, 0.15) is 16.8 Å². The van der Waals surface area contributed by atoms with Gasteiger partial charge in [-0.05, 0) is 54.8 Å². The molecule has 0 aliphatic carbocycles. The van der Waals surface area contributed by atoms with Gasteiger partial charge in [-0.3, -0.25) is 0 Å². The van der Waals surface area contributed by atoms with Crippen molar-refractivity contribution in [3.63, 3.8) is 0 Å². The van der Waals surface area contributed by atoms with Crippen LogP contribution in [0.3, 0.4) is 0 Å². The van der Waals surface area contributed by atoms with Crippen LogP contribution in [-0.2, 0) is 13.0 Å². The molecule has 2 aromatic carbocycles. The summed E-state index contributed by atoms with van der Waals surface area (Å²) in [6.45, 7) is 2.98. The van der Waals surface area contributed by atoms with E-state index in [-0.39, 0.29) is 5.75 Å². The van der Waals surface area contributed by atoms with E-state index in [1.807, 2.05) is 30.0 Å². The zero-order chi connectivity index (χ0) is 21.3. The maximum Gasteiger partial charge on any atom is 0.573 e. The molecule has 0 saturated heterocycles. The molecule has 9 heteroatoms. The zero-order valence-corrected chi connectivity index (χ0v) is 16.8. The Morgan fingerprint density at radius 1 is 1.07 bits per heavy atom. The quantitative estimate of drug-likeness (QED) is 0.575. The smallest absolute Gasteiger partial charge is 0.406 e. The zero-order valence-electron chi connectivity index (χ0n) is 16.0. The number of benzene rings is 2.